The lowest BCUT2D eigenvalue weighted by atomic mass is 9.88. The van der Waals surface area contributed by atoms with Crippen molar-refractivity contribution in [3.8, 4) is 11.1 Å². The van der Waals surface area contributed by atoms with Gasteiger partial charge in [-0.25, -0.2) is 9.59 Å². The number of amides is 2. The molecule has 0 bridgehead atoms. The number of fused-ring (bicyclic) bond motifs is 3. The fourth-order valence-electron chi connectivity index (χ4n) is 4.98. The number of hydrogen-bond acceptors (Lipinski definition) is 4. The molecule has 0 saturated carbocycles. The minimum absolute atomic E-state index is 0.0555. The van der Waals surface area contributed by atoms with Crippen LogP contribution in [-0.2, 0) is 14.3 Å². The fourth-order valence-corrected chi connectivity index (χ4v) is 4.98. The summed E-state index contributed by atoms with van der Waals surface area (Å²) in [5.41, 5.74) is 4.55. The average Bonchev–Trinajstić information content (AvgIpc) is 3.10. The molecule has 1 aliphatic rings. The van der Waals surface area contributed by atoms with Crippen molar-refractivity contribution in [3.05, 3.63) is 59.7 Å². The van der Waals surface area contributed by atoms with Gasteiger partial charge >= 0.3 is 12.1 Å². The molecule has 1 aliphatic carbocycles. The van der Waals surface area contributed by atoms with Crippen molar-refractivity contribution in [2.24, 2.45) is 17.8 Å². The standard InChI is InChI=1S/C28H36N2O5/c1-16(2)14-24(27(32)33)30-26(31)25(17(3)4)18(5)29-28(34)35-15-23-21-12-8-6-10-19(21)20-11-7-9-13-22(20)23/h6-13,16-18,23-25H,14-15H2,1-5H3,(H,29,34)(H,30,31)(H,32,33). The van der Waals surface area contributed by atoms with Gasteiger partial charge in [-0.3, -0.25) is 4.79 Å². The van der Waals surface area contributed by atoms with E-state index in [1.54, 1.807) is 6.92 Å². The first-order chi connectivity index (χ1) is 16.6. The van der Waals surface area contributed by atoms with Gasteiger partial charge in [0, 0.05) is 12.0 Å². The highest BCUT2D eigenvalue weighted by atomic mass is 16.5. The van der Waals surface area contributed by atoms with E-state index in [-0.39, 0.29) is 30.3 Å². The number of carboxylic acids is 1. The van der Waals surface area contributed by atoms with Crippen molar-refractivity contribution in [1.29, 1.82) is 0 Å². The van der Waals surface area contributed by atoms with Crippen LogP contribution in [0.5, 0.6) is 0 Å². The van der Waals surface area contributed by atoms with Crippen molar-refractivity contribution in [3.63, 3.8) is 0 Å². The van der Waals surface area contributed by atoms with Crippen molar-refractivity contribution in [2.45, 2.75) is 59.0 Å². The molecule has 188 valence electrons. The number of aliphatic carboxylic acids is 1. The Morgan fingerprint density at radius 1 is 0.886 bits per heavy atom. The molecular formula is C28H36N2O5. The highest BCUT2D eigenvalue weighted by molar-refractivity contribution is 5.86. The Hall–Kier alpha value is -3.35. The number of benzene rings is 2. The number of carbonyl (C=O) groups is 3. The summed E-state index contributed by atoms with van der Waals surface area (Å²) in [6.45, 7) is 9.48. The van der Waals surface area contributed by atoms with Gasteiger partial charge in [0.1, 0.15) is 12.6 Å². The average molecular weight is 481 g/mol. The van der Waals surface area contributed by atoms with Gasteiger partial charge in [0.15, 0.2) is 0 Å². The Morgan fingerprint density at radius 3 is 1.91 bits per heavy atom. The van der Waals surface area contributed by atoms with Crippen LogP contribution in [0.1, 0.15) is 58.1 Å². The van der Waals surface area contributed by atoms with Crippen LogP contribution in [0.25, 0.3) is 11.1 Å². The molecule has 3 unspecified atom stereocenters. The molecule has 0 aromatic heterocycles. The lowest BCUT2D eigenvalue weighted by Gasteiger charge is -2.29. The molecular weight excluding hydrogens is 444 g/mol. The molecule has 0 spiro atoms. The maximum absolute atomic E-state index is 13.0. The summed E-state index contributed by atoms with van der Waals surface area (Å²) in [6.07, 6.45) is -0.269. The zero-order chi connectivity index (χ0) is 25.7. The zero-order valence-corrected chi connectivity index (χ0v) is 21.1. The summed E-state index contributed by atoms with van der Waals surface area (Å²) < 4.78 is 5.62. The normalized spacial score (nSPS) is 15.2. The van der Waals surface area contributed by atoms with Gasteiger partial charge in [-0.15, -0.1) is 0 Å². The first-order valence-corrected chi connectivity index (χ1v) is 12.2. The predicted molar refractivity (Wildman–Crippen MR) is 135 cm³/mol. The minimum Gasteiger partial charge on any atom is -0.480 e. The Labute approximate surface area is 207 Å². The molecule has 2 aromatic carbocycles. The van der Waals surface area contributed by atoms with Crippen LogP contribution in [0.4, 0.5) is 4.79 Å². The van der Waals surface area contributed by atoms with E-state index in [0.29, 0.717) is 6.42 Å². The first-order valence-electron chi connectivity index (χ1n) is 12.2. The summed E-state index contributed by atoms with van der Waals surface area (Å²) in [7, 11) is 0. The molecule has 7 nitrogen and oxygen atoms in total. The third kappa shape index (κ3) is 6.21. The van der Waals surface area contributed by atoms with Crippen LogP contribution in [0.2, 0.25) is 0 Å². The molecule has 0 heterocycles. The highest BCUT2D eigenvalue weighted by Crippen LogP contribution is 2.44. The maximum atomic E-state index is 13.0. The largest absolute Gasteiger partial charge is 0.480 e. The molecule has 0 radical (unpaired) electrons. The van der Waals surface area contributed by atoms with E-state index >= 15 is 0 Å². The van der Waals surface area contributed by atoms with Gasteiger partial charge in [-0.2, -0.15) is 0 Å². The molecule has 35 heavy (non-hydrogen) atoms. The van der Waals surface area contributed by atoms with E-state index < -0.39 is 30.1 Å². The summed E-state index contributed by atoms with van der Waals surface area (Å²) >= 11 is 0. The van der Waals surface area contributed by atoms with E-state index in [0.717, 1.165) is 22.3 Å². The van der Waals surface area contributed by atoms with Gasteiger partial charge in [0.2, 0.25) is 5.91 Å². The number of ether oxygens (including phenoxy) is 1. The smallest absolute Gasteiger partial charge is 0.407 e. The molecule has 3 atom stereocenters. The van der Waals surface area contributed by atoms with E-state index in [4.69, 9.17) is 4.74 Å². The van der Waals surface area contributed by atoms with E-state index in [2.05, 4.69) is 34.9 Å². The van der Waals surface area contributed by atoms with Crippen LogP contribution >= 0.6 is 0 Å². The van der Waals surface area contributed by atoms with Crippen molar-refractivity contribution in [1.82, 2.24) is 10.6 Å². The summed E-state index contributed by atoms with van der Waals surface area (Å²) in [6, 6.07) is 14.7. The molecule has 0 saturated heterocycles. The second-order valence-electron chi connectivity index (χ2n) is 10.1. The third-order valence-corrected chi connectivity index (χ3v) is 6.57. The quantitative estimate of drug-likeness (QED) is 0.453. The van der Waals surface area contributed by atoms with Crippen LogP contribution < -0.4 is 10.6 Å². The Bertz CT molecular complexity index is 1020. The van der Waals surface area contributed by atoms with Crippen molar-refractivity contribution in [2.75, 3.05) is 6.61 Å². The molecule has 3 rings (SSSR count). The summed E-state index contributed by atoms with van der Waals surface area (Å²) in [5.74, 6) is -2.12. The number of carboxylic acid groups (broad SMARTS) is 1. The summed E-state index contributed by atoms with van der Waals surface area (Å²) in [4.78, 5) is 37.3. The SMILES string of the molecule is CC(C)CC(NC(=O)C(C(C)C)C(C)NC(=O)OCC1c2ccccc2-c2ccccc21)C(=O)O. The molecule has 2 aromatic rings. The monoisotopic (exact) mass is 480 g/mol. The van der Waals surface area contributed by atoms with E-state index in [1.165, 1.54) is 0 Å². The lowest BCUT2D eigenvalue weighted by molar-refractivity contribution is -0.143. The van der Waals surface area contributed by atoms with Gasteiger partial charge in [-0.05, 0) is 47.4 Å². The summed E-state index contributed by atoms with van der Waals surface area (Å²) in [5, 5.41) is 14.9. The Morgan fingerprint density at radius 2 is 1.43 bits per heavy atom. The van der Waals surface area contributed by atoms with Gasteiger partial charge < -0.3 is 20.5 Å². The molecule has 2 amide bonds. The van der Waals surface area contributed by atoms with Crippen molar-refractivity contribution >= 4 is 18.0 Å². The number of carbonyl (C=O) groups excluding carboxylic acids is 2. The Balaban J connectivity index is 1.63. The van der Waals surface area contributed by atoms with Crippen LogP contribution in [0.15, 0.2) is 48.5 Å². The Kier molecular flexibility index (Phi) is 8.54. The van der Waals surface area contributed by atoms with Gasteiger partial charge in [0.05, 0.1) is 5.92 Å². The maximum Gasteiger partial charge on any atom is 0.407 e. The predicted octanol–water partition coefficient (Wildman–Crippen LogP) is 4.80. The number of nitrogens with one attached hydrogen (secondary N) is 2. The molecule has 0 aliphatic heterocycles. The van der Waals surface area contributed by atoms with Gasteiger partial charge in [-0.1, -0.05) is 76.2 Å². The topological polar surface area (TPSA) is 105 Å². The van der Waals surface area contributed by atoms with Crippen LogP contribution in [-0.4, -0.2) is 41.8 Å². The second-order valence-corrected chi connectivity index (χ2v) is 10.1. The van der Waals surface area contributed by atoms with Gasteiger partial charge in [0.25, 0.3) is 0 Å². The number of alkyl carbamates (subject to hydrolysis) is 1. The molecule has 7 heteroatoms. The lowest BCUT2D eigenvalue weighted by Crippen LogP contribution is -2.51. The number of rotatable bonds is 10. The van der Waals surface area contributed by atoms with E-state index in [1.807, 2.05) is 52.0 Å². The zero-order valence-electron chi connectivity index (χ0n) is 21.1. The number of hydrogen-bond donors (Lipinski definition) is 3. The van der Waals surface area contributed by atoms with Crippen LogP contribution in [0, 0.1) is 17.8 Å². The third-order valence-electron chi connectivity index (χ3n) is 6.57. The van der Waals surface area contributed by atoms with Crippen LogP contribution in [0.3, 0.4) is 0 Å². The van der Waals surface area contributed by atoms with E-state index in [9.17, 15) is 19.5 Å². The second kappa shape index (κ2) is 11.4. The van der Waals surface area contributed by atoms with Crippen molar-refractivity contribution < 1.29 is 24.2 Å². The minimum atomic E-state index is -1.06. The molecule has 0 fully saturated rings. The first kappa shape index (κ1) is 26.3. The fraction of sp³-hybridized carbons (Fsp3) is 0.464. The highest BCUT2D eigenvalue weighted by Gasteiger charge is 2.33. The molecule has 3 N–H and O–H groups in total.